The van der Waals surface area contributed by atoms with Crippen molar-refractivity contribution in [1.82, 2.24) is 24.8 Å². The van der Waals surface area contributed by atoms with Gasteiger partial charge in [0.1, 0.15) is 5.75 Å². The molecule has 11 nitrogen and oxygen atoms in total. The number of carbonyl (C=O) groups excluding carboxylic acids is 1. The van der Waals surface area contributed by atoms with Gasteiger partial charge in [0.05, 0.1) is 18.5 Å². The number of rotatable bonds is 23. The van der Waals surface area contributed by atoms with Crippen molar-refractivity contribution in [3.05, 3.63) is 70.6 Å². The Morgan fingerprint density at radius 3 is 2.26 bits per heavy atom. The molecule has 4 aliphatic rings. The van der Waals surface area contributed by atoms with Crippen molar-refractivity contribution in [2.75, 3.05) is 68.5 Å². The molecule has 1 saturated heterocycles. The van der Waals surface area contributed by atoms with Crippen molar-refractivity contribution in [2.45, 2.75) is 143 Å². The Morgan fingerprint density at radius 1 is 0.848 bits per heavy atom. The highest BCUT2D eigenvalue weighted by atomic mass is 16.5. The molecule has 0 radical (unpaired) electrons. The molecule has 2 bridgehead atoms. The first-order valence-electron chi connectivity index (χ1n) is 26.0. The molecule has 2 aromatic carbocycles. The molecule has 358 valence electrons. The summed E-state index contributed by atoms with van der Waals surface area (Å²) in [6.45, 7) is 13.8. The van der Waals surface area contributed by atoms with Gasteiger partial charge in [-0.15, -0.1) is 0 Å². The highest BCUT2D eigenvalue weighted by molar-refractivity contribution is 5.81. The summed E-state index contributed by atoms with van der Waals surface area (Å²) in [5.41, 5.74) is 5.20. The highest BCUT2D eigenvalue weighted by Crippen LogP contribution is 2.51. The van der Waals surface area contributed by atoms with E-state index in [4.69, 9.17) is 9.72 Å². The second-order valence-electron chi connectivity index (χ2n) is 21.3. The largest absolute Gasteiger partial charge is 0.494 e. The third-order valence-corrected chi connectivity index (χ3v) is 15.6. The van der Waals surface area contributed by atoms with Crippen LogP contribution in [0.1, 0.15) is 141 Å². The maximum absolute atomic E-state index is 13.5. The molecule has 4 fully saturated rings. The van der Waals surface area contributed by atoms with Crippen molar-refractivity contribution >= 4 is 40.0 Å². The predicted octanol–water partition coefficient (Wildman–Crippen LogP) is 11.4. The number of aromatic nitrogens is 3. The van der Waals surface area contributed by atoms with Crippen LogP contribution in [0.2, 0.25) is 0 Å². The van der Waals surface area contributed by atoms with Crippen molar-refractivity contribution < 1.29 is 9.53 Å². The van der Waals surface area contributed by atoms with Gasteiger partial charge in [0.15, 0.2) is 5.65 Å². The van der Waals surface area contributed by atoms with Gasteiger partial charge in [-0.3, -0.25) is 19.1 Å². The van der Waals surface area contributed by atoms with E-state index >= 15 is 0 Å². The summed E-state index contributed by atoms with van der Waals surface area (Å²) < 4.78 is 7.57. The van der Waals surface area contributed by atoms with E-state index in [9.17, 15) is 9.59 Å². The molecule has 3 saturated carbocycles. The second kappa shape index (κ2) is 22.9. The number of methoxy groups -OCH3 is 1. The average molecular weight is 901 g/mol. The van der Waals surface area contributed by atoms with Crippen LogP contribution in [-0.4, -0.2) is 78.3 Å². The Labute approximate surface area is 395 Å². The molecule has 1 amide bonds. The standard InChI is InChI=1S/C55H80N8O3/c1-40-29-43-32-44(30-40)36-55(3,35-43)37-51(64)56-23-13-11-9-7-5-6-8-10-12-14-24-61-25-27-62(28-26-61)46-21-22-49(50(34-46)66-4)59-54-58-39-48-41(2)31-52(65)63(53(48)60-54)47-20-16-19-45(33-47)57-38-42-17-15-18-42/h16,19-22,31,33-34,39-40,42-44,57H,5-15,17-18,23-30,32,35-38H2,1-4H3,(H,56,64)(H,58,59,60). The quantitative estimate of drug-likeness (QED) is 0.0626. The smallest absolute Gasteiger partial charge is 0.257 e. The monoisotopic (exact) mass is 901 g/mol. The molecular formula is C55H80N8O3. The molecule has 3 heterocycles. The molecule has 11 heteroatoms. The topological polar surface area (TPSA) is 117 Å². The van der Waals surface area contributed by atoms with Gasteiger partial charge < -0.3 is 25.6 Å². The first-order chi connectivity index (χ1) is 32.1. The fourth-order valence-electron chi connectivity index (χ4n) is 12.0. The Balaban J connectivity index is 0.704. The molecule has 2 aromatic heterocycles. The van der Waals surface area contributed by atoms with E-state index in [2.05, 4.69) is 62.8 Å². The summed E-state index contributed by atoms with van der Waals surface area (Å²) in [6.07, 6.45) is 25.9. The third-order valence-electron chi connectivity index (χ3n) is 15.6. The summed E-state index contributed by atoms with van der Waals surface area (Å²) >= 11 is 0. The summed E-state index contributed by atoms with van der Waals surface area (Å²) in [5.74, 6) is 4.72. The predicted molar refractivity (Wildman–Crippen MR) is 272 cm³/mol. The molecule has 4 aromatic rings. The third kappa shape index (κ3) is 12.9. The molecule has 3 N–H and O–H groups in total. The van der Waals surface area contributed by atoms with Crippen LogP contribution in [0.4, 0.5) is 23.0 Å². The van der Waals surface area contributed by atoms with Crippen molar-refractivity contribution in [1.29, 1.82) is 0 Å². The molecule has 8 rings (SSSR count). The van der Waals surface area contributed by atoms with E-state index < -0.39 is 0 Å². The number of nitrogens with one attached hydrogen (secondary N) is 3. The number of carbonyl (C=O) groups is 1. The fraction of sp³-hybridized carbons (Fsp3) is 0.636. The lowest BCUT2D eigenvalue weighted by Gasteiger charge is -2.47. The number of hydrogen-bond acceptors (Lipinski definition) is 9. The minimum absolute atomic E-state index is 0.124. The molecule has 2 unspecified atom stereocenters. The zero-order valence-electron chi connectivity index (χ0n) is 40.9. The zero-order valence-corrected chi connectivity index (χ0v) is 40.9. The lowest BCUT2D eigenvalue weighted by Crippen LogP contribution is -2.46. The van der Waals surface area contributed by atoms with Crippen molar-refractivity contribution in [2.24, 2.45) is 29.1 Å². The SMILES string of the molecule is COc1cc(N2CCN(CCCCCCCCCCCCNC(=O)CC3(C)CC4CC(C)CC(C4)C3)CC2)ccc1Nc1ncc2c(C)cc(=O)n(-c3cccc(NCC4CCC4)c3)c2n1. The van der Waals surface area contributed by atoms with Crippen LogP contribution >= 0.6 is 0 Å². The first kappa shape index (κ1) is 47.8. The first-order valence-corrected chi connectivity index (χ1v) is 26.0. The summed E-state index contributed by atoms with van der Waals surface area (Å²) in [5, 5.41) is 11.1. The van der Waals surface area contributed by atoms with E-state index in [1.807, 2.05) is 31.2 Å². The zero-order chi connectivity index (χ0) is 45.9. The minimum Gasteiger partial charge on any atom is -0.494 e. The van der Waals surface area contributed by atoms with Gasteiger partial charge in [-0.1, -0.05) is 77.7 Å². The van der Waals surface area contributed by atoms with Gasteiger partial charge in [0.2, 0.25) is 11.9 Å². The van der Waals surface area contributed by atoms with Gasteiger partial charge in [-0.25, -0.2) is 4.98 Å². The number of nitrogens with zero attached hydrogens (tertiary/aromatic N) is 5. The Bertz CT molecular complexity index is 2250. The fourth-order valence-corrected chi connectivity index (χ4v) is 12.0. The van der Waals surface area contributed by atoms with Crippen LogP contribution in [0.15, 0.2) is 59.5 Å². The number of amides is 1. The number of unbranched alkanes of at least 4 members (excludes halogenated alkanes) is 9. The van der Waals surface area contributed by atoms with E-state index in [-0.39, 0.29) is 16.9 Å². The van der Waals surface area contributed by atoms with E-state index in [1.54, 1.807) is 23.9 Å². The molecule has 3 aliphatic carbocycles. The van der Waals surface area contributed by atoms with Gasteiger partial charge in [-0.05, 0) is 136 Å². The highest BCUT2D eigenvalue weighted by Gasteiger charge is 2.41. The Hall–Kier alpha value is -4.64. The maximum Gasteiger partial charge on any atom is 0.257 e. The number of anilines is 4. The van der Waals surface area contributed by atoms with Gasteiger partial charge in [0, 0.05) is 80.8 Å². The van der Waals surface area contributed by atoms with Gasteiger partial charge in [0.25, 0.3) is 5.56 Å². The molecule has 1 aliphatic heterocycles. The lowest BCUT2D eigenvalue weighted by molar-refractivity contribution is -0.124. The normalized spacial score (nSPS) is 22.2. The van der Waals surface area contributed by atoms with Crippen LogP contribution < -0.4 is 31.1 Å². The van der Waals surface area contributed by atoms with E-state index in [0.29, 0.717) is 11.6 Å². The number of benzene rings is 2. The molecule has 0 spiro atoms. The number of pyridine rings is 1. The average Bonchev–Trinajstić information content (AvgIpc) is 3.27. The van der Waals surface area contributed by atoms with E-state index in [1.165, 1.54) is 116 Å². The van der Waals surface area contributed by atoms with E-state index in [0.717, 1.165) is 115 Å². The number of aryl methyl sites for hydroxylation is 1. The molecule has 66 heavy (non-hydrogen) atoms. The Kier molecular flexibility index (Phi) is 16.6. The van der Waals surface area contributed by atoms with Gasteiger partial charge in [-0.2, -0.15) is 4.98 Å². The molecular weight excluding hydrogens is 821 g/mol. The maximum atomic E-state index is 13.5. The van der Waals surface area contributed by atoms with Crippen LogP contribution in [-0.2, 0) is 4.79 Å². The number of ether oxygens (including phenoxy) is 1. The number of hydrogen-bond donors (Lipinski definition) is 3. The van der Waals surface area contributed by atoms with Crippen LogP contribution in [0, 0.1) is 36.0 Å². The summed E-state index contributed by atoms with van der Waals surface area (Å²) in [7, 11) is 1.70. The van der Waals surface area contributed by atoms with Crippen molar-refractivity contribution in [3.8, 4) is 11.4 Å². The Morgan fingerprint density at radius 2 is 1.56 bits per heavy atom. The summed E-state index contributed by atoms with van der Waals surface area (Å²) in [6, 6.07) is 16.0. The lowest BCUT2D eigenvalue weighted by atomic mass is 9.58. The van der Waals surface area contributed by atoms with Crippen LogP contribution in [0.25, 0.3) is 16.7 Å². The summed E-state index contributed by atoms with van der Waals surface area (Å²) in [4.78, 5) is 40.9. The van der Waals surface area contributed by atoms with Crippen LogP contribution in [0.3, 0.4) is 0 Å². The second-order valence-corrected chi connectivity index (χ2v) is 21.3. The molecule has 2 atom stereocenters. The number of fused-ring (bicyclic) bond motifs is 3. The number of piperazine rings is 1. The van der Waals surface area contributed by atoms with Crippen molar-refractivity contribution in [3.63, 3.8) is 0 Å². The minimum atomic E-state index is -0.124. The van der Waals surface area contributed by atoms with Crippen LogP contribution in [0.5, 0.6) is 5.75 Å². The van der Waals surface area contributed by atoms with Gasteiger partial charge >= 0.3 is 0 Å².